The molecule has 0 heterocycles. The van der Waals surface area contributed by atoms with E-state index in [0.29, 0.717) is 0 Å². The van der Waals surface area contributed by atoms with Crippen LogP contribution in [0.5, 0.6) is 0 Å². The zero-order valence-electron chi connectivity index (χ0n) is 11.2. The Hall–Kier alpha value is -1.10. The molecule has 0 bridgehead atoms. The Bertz CT molecular complexity index is 252. The maximum absolute atomic E-state index is 11.5. The first-order valence-electron chi connectivity index (χ1n) is 6.58. The average molecular weight is 260 g/mol. The third-order valence-corrected chi connectivity index (χ3v) is 2.60. The van der Waals surface area contributed by atoms with Gasteiger partial charge in [0.25, 0.3) is 0 Å². The minimum atomic E-state index is -1.16. The second kappa shape index (κ2) is 9.88. The number of carbonyl (C=O) groups excluding carboxylic acids is 1. The first-order valence-corrected chi connectivity index (χ1v) is 6.58. The summed E-state index contributed by atoms with van der Waals surface area (Å²) in [5, 5.41) is 17.8. The van der Waals surface area contributed by atoms with E-state index in [1.54, 1.807) is 0 Å². The molecule has 5 nitrogen and oxygen atoms in total. The summed E-state index contributed by atoms with van der Waals surface area (Å²) in [6.07, 6.45) is 2.64. The number of hydrogen-bond acceptors (Lipinski definition) is 4. The summed E-state index contributed by atoms with van der Waals surface area (Å²) in [5.41, 5.74) is 0. The highest BCUT2D eigenvalue weighted by Gasteiger charge is 2.18. The van der Waals surface area contributed by atoms with Crippen molar-refractivity contribution < 1.29 is 24.5 Å². The number of esters is 1. The molecule has 0 aliphatic rings. The van der Waals surface area contributed by atoms with Gasteiger partial charge in [0.15, 0.2) is 0 Å². The standard InChI is InChI=1S/C13H24O5/c1-3-5-7-11(6-4-2)18-13(17)9-10(14)8-12(15)16/h10-11,14H,3-9H2,1-2H3,(H,15,16)/t10-,11?/m0/s1. The van der Waals surface area contributed by atoms with Gasteiger partial charge in [0.2, 0.25) is 0 Å². The van der Waals surface area contributed by atoms with E-state index in [1.807, 2.05) is 6.92 Å². The highest BCUT2D eigenvalue weighted by molar-refractivity contribution is 5.72. The number of carbonyl (C=O) groups is 2. The van der Waals surface area contributed by atoms with E-state index >= 15 is 0 Å². The van der Waals surface area contributed by atoms with Gasteiger partial charge in [-0.15, -0.1) is 0 Å². The van der Waals surface area contributed by atoms with E-state index in [9.17, 15) is 14.7 Å². The Balaban J connectivity index is 4.03. The molecule has 0 aliphatic carbocycles. The Labute approximate surface area is 108 Å². The summed E-state index contributed by atoms with van der Waals surface area (Å²) in [6, 6.07) is 0. The molecule has 0 saturated heterocycles. The molecule has 0 aliphatic heterocycles. The Morgan fingerprint density at radius 3 is 2.28 bits per heavy atom. The molecule has 0 aromatic rings. The average Bonchev–Trinajstić information content (AvgIpc) is 2.24. The van der Waals surface area contributed by atoms with Crippen molar-refractivity contribution in [1.82, 2.24) is 0 Å². The molecule has 0 amide bonds. The van der Waals surface area contributed by atoms with Crippen molar-refractivity contribution in [3.05, 3.63) is 0 Å². The Morgan fingerprint density at radius 2 is 1.78 bits per heavy atom. The molecular weight excluding hydrogens is 236 g/mol. The molecule has 0 spiro atoms. The zero-order valence-corrected chi connectivity index (χ0v) is 11.2. The monoisotopic (exact) mass is 260 g/mol. The lowest BCUT2D eigenvalue weighted by Crippen LogP contribution is -2.23. The summed E-state index contributed by atoms with van der Waals surface area (Å²) in [6.45, 7) is 4.09. The number of unbranched alkanes of at least 4 members (excludes halogenated alkanes) is 1. The highest BCUT2D eigenvalue weighted by Crippen LogP contribution is 2.13. The van der Waals surface area contributed by atoms with E-state index in [1.165, 1.54) is 0 Å². The summed E-state index contributed by atoms with van der Waals surface area (Å²) >= 11 is 0. The van der Waals surface area contributed by atoms with Crippen molar-refractivity contribution in [3.8, 4) is 0 Å². The van der Waals surface area contributed by atoms with Crippen LogP contribution < -0.4 is 0 Å². The van der Waals surface area contributed by atoms with Gasteiger partial charge in [0.1, 0.15) is 6.10 Å². The minimum Gasteiger partial charge on any atom is -0.481 e. The van der Waals surface area contributed by atoms with Gasteiger partial charge in [-0.2, -0.15) is 0 Å². The number of ether oxygens (including phenoxy) is 1. The number of hydrogen-bond donors (Lipinski definition) is 2. The Kier molecular flexibility index (Phi) is 9.28. The second-order valence-corrected chi connectivity index (χ2v) is 4.50. The number of carboxylic acids is 1. The van der Waals surface area contributed by atoms with Crippen LogP contribution in [0.3, 0.4) is 0 Å². The fourth-order valence-corrected chi connectivity index (χ4v) is 1.72. The number of aliphatic hydroxyl groups excluding tert-OH is 1. The van der Waals surface area contributed by atoms with Crippen molar-refractivity contribution in [2.75, 3.05) is 0 Å². The van der Waals surface area contributed by atoms with Crippen LogP contribution in [0.2, 0.25) is 0 Å². The molecule has 0 aromatic heterocycles. The zero-order chi connectivity index (χ0) is 14.0. The van der Waals surface area contributed by atoms with E-state index < -0.39 is 24.5 Å². The van der Waals surface area contributed by atoms with Gasteiger partial charge < -0.3 is 14.9 Å². The van der Waals surface area contributed by atoms with Crippen LogP contribution in [-0.4, -0.2) is 34.4 Å². The van der Waals surface area contributed by atoms with Gasteiger partial charge in [-0.05, 0) is 12.8 Å². The lowest BCUT2D eigenvalue weighted by Gasteiger charge is -2.17. The van der Waals surface area contributed by atoms with Gasteiger partial charge in [-0.3, -0.25) is 9.59 Å². The van der Waals surface area contributed by atoms with Crippen LogP contribution in [-0.2, 0) is 14.3 Å². The van der Waals surface area contributed by atoms with Gasteiger partial charge in [0.05, 0.1) is 18.9 Å². The fourth-order valence-electron chi connectivity index (χ4n) is 1.72. The lowest BCUT2D eigenvalue weighted by molar-refractivity contribution is -0.152. The largest absolute Gasteiger partial charge is 0.481 e. The normalized spacial score (nSPS) is 13.9. The molecule has 0 radical (unpaired) electrons. The van der Waals surface area contributed by atoms with Crippen LogP contribution in [0.1, 0.15) is 58.8 Å². The third-order valence-electron chi connectivity index (χ3n) is 2.60. The third kappa shape index (κ3) is 8.98. The topological polar surface area (TPSA) is 83.8 Å². The lowest BCUT2D eigenvalue weighted by atomic mass is 10.1. The molecule has 0 fully saturated rings. The summed E-state index contributed by atoms with van der Waals surface area (Å²) in [5.74, 6) is -1.63. The highest BCUT2D eigenvalue weighted by atomic mass is 16.5. The molecule has 0 saturated carbocycles. The van der Waals surface area contributed by atoms with Crippen molar-refractivity contribution in [3.63, 3.8) is 0 Å². The summed E-state index contributed by atoms with van der Waals surface area (Å²) < 4.78 is 5.25. The van der Waals surface area contributed by atoms with E-state index in [-0.39, 0.29) is 12.5 Å². The molecule has 0 rings (SSSR count). The van der Waals surface area contributed by atoms with Gasteiger partial charge >= 0.3 is 11.9 Å². The van der Waals surface area contributed by atoms with Gasteiger partial charge in [0, 0.05) is 0 Å². The van der Waals surface area contributed by atoms with Crippen molar-refractivity contribution in [1.29, 1.82) is 0 Å². The summed E-state index contributed by atoms with van der Waals surface area (Å²) in [7, 11) is 0. The smallest absolute Gasteiger partial charge is 0.308 e. The predicted octanol–water partition coefficient (Wildman–Crippen LogP) is 2.11. The minimum absolute atomic E-state index is 0.112. The number of carboxylic acid groups (broad SMARTS) is 1. The first-order chi connectivity index (χ1) is 8.49. The molecule has 1 unspecified atom stereocenters. The quantitative estimate of drug-likeness (QED) is 0.588. The van der Waals surface area contributed by atoms with Crippen molar-refractivity contribution >= 4 is 11.9 Å². The Morgan fingerprint density at radius 1 is 1.11 bits per heavy atom. The van der Waals surface area contributed by atoms with Crippen LogP contribution in [0, 0.1) is 0 Å². The molecule has 2 N–H and O–H groups in total. The molecule has 0 aromatic carbocycles. The van der Waals surface area contributed by atoms with Crippen LogP contribution in [0.25, 0.3) is 0 Å². The molecule has 5 heteroatoms. The molecule has 2 atom stereocenters. The second-order valence-electron chi connectivity index (χ2n) is 4.50. The van der Waals surface area contributed by atoms with E-state index in [2.05, 4.69) is 6.92 Å². The van der Waals surface area contributed by atoms with Crippen molar-refractivity contribution in [2.24, 2.45) is 0 Å². The summed E-state index contributed by atoms with van der Waals surface area (Å²) in [4.78, 5) is 21.9. The predicted molar refractivity (Wildman–Crippen MR) is 67.2 cm³/mol. The number of aliphatic hydroxyl groups is 1. The number of aliphatic carboxylic acids is 1. The van der Waals surface area contributed by atoms with E-state index in [0.717, 1.165) is 32.1 Å². The van der Waals surface area contributed by atoms with Crippen LogP contribution in [0.4, 0.5) is 0 Å². The maximum atomic E-state index is 11.5. The maximum Gasteiger partial charge on any atom is 0.308 e. The molecule has 18 heavy (non-hydrogen) atoms. The SMILES string of the molecule is CCCCC(CCC)OC(=O)C[C@@H](O)CC(=O)O. The van der Waals surface area contributed by atoms with Crippen LogP contribution in [0.15, 0.2) is 0 Å². The molecular formula is C13H24O5. The van der Waals surface area contributed by atoms with Crippen LogP contribution >= 0.6 is 0 Å². The van der Waals surface area contributed by atoms with Gasteiger partial charge in [-0.25, -0.2) is 0 Å². The van der Waals surface area contributed by atoms with E-state index in [4.69, 9.17) is 9.84 Å². The fraction of sp³-hybridized carbons (Fsp3) is 0.846. The molecule has 106 valence electrons. The first kappa shape index (κ1) is 16.9. The number of rotatable bonds is 10. The van der Waals surface area contributed by atoms with Gasteiger partial charge in [-0.1, -0.05) is 33.1 Å². The van der Waals surface area contributed by atoms with Crippen molar-refractivity contribution in [2.45, 2.75) is 71.0 Å².